The maximum Gasteiger partial charge on any atom is 0.213 e. The van der Waals surface area contributed by atoms with Crippen LogP contribution in [0, 0.1) is 0 Å². The Kier molecular flexibility index (Phi) is 3.49. The molecule has 1 aliphatic rings. The normalized spacial score (nSPS) is 23.7. The van der Waals surface area contributed by atoms with Gasteiger partial charge in [0.05, 0.1) is 26.0 Å². The Morgan fingerprint density at radius 2 is 2.29 bits per heavy atom. The van der Waals surface area contributed by atoms with E-state index in [2.05, 4.69) is 10.3 Å². The molecule has 17 heavy (non-hydrogen) atoms. The Hall–Kier alpha value is -1.33. The van der Waals surface area contributed by atoms with Gasteiger partial charge in [-0.2, -0.15) is 0 Å². The smallest absolute Gasteiger partial charge is 0.213 e. The fourth-order valence-corrected chi connectivity index (χ4v) is 2.13. The number of aliphatic hydroxyl groups is 1. The Morgan fingerprint density at radius 1 is 1.47 bits per heavy atom. The van der Waals surface area contributed by atoms with Gasteiger partial charge in [0.2, 0.25) is 5.88 Å². The van der Waals surface area contributed by atoms with Crippen molar-refractivity contribution >= 4 is 0 Å². The summed E-state index contributed by atoms with van der Waals surface area (Å²) in [5.74, 6) is 1.22. The minimum absolute atomic E-state index is 0.537. The van der Waals surface area contributed by atoms with Gasteiger partial charge >= 0.3 is 0 Å². The maximum absolute atomic E-state index is 10.3. The fourth-order valence-electron chi connectivity index (χ4n) is 2.13. The Labute approximate surface area is 101 Å². The molecule has 1 saturated heterocycles. The zero-order valence-electron chi connectivity index (χ0n) is 10.2. The van der Waals surface area contributed by atoms with Crippen LogP contribution in [0.4, 0.5) is 0 Å². The van der Waals surface area contributed by atoms with Crippen molar-refractivity contribution in [2.45, 2.75) is 18.4 Å². The van der Waals surface area contributed by atoms with E-state index in [1.807, 2.05) is 6.07 Å². The third-order valence-electron chi connectivity index (χ3n) is 3.09. The van der Waals surface area contributed by atoms with E-state index in [4.69, 9.17) is 9.47 Å². The highest BCUT2D eigenvalue weighted by molar-refractivity contribution is 5.36. The van der Waals surface area contributed by atoms with E-state index in [0.29, 0.717) is 24.6 Å². The highest BCUT2D eigenvalue weighted by Crippen LogP contribution is 2.28. The number of nitrogens with one attached hydrogen (secondary N) is 1. The lowest BCUT2D eigenvalue weighted by Crippen LogP contribution is -2.33. The number of ether oxygens (including phenoxy) is 2. The molecule has 2 N–H and O–H groups in total. The van der Waals surface area contributed by atoms with Crippen LogP contribution in [0.5, 0.6) is 11.6 Å². The van der Waals surface area contributed by atoms with Gasteiger partial charge in [0.25, 0.3) is 0 Å². The van der Waals surface area contributed by atoms with Crippen LogP contribution in [-0.2, 0) is 6.42 Å². The van der Waals surface area contributed by atoms with Gasteiger partial charge in [0.15, 0.2) is 0 Å². The predicted octanol–water partition coefficient (Wildman–Crippen LogP) is 0.366. The van der Waals surface area contributed by atoms with Gasteiger partial charge in [-0.05, 0) is 13.0 Å². The van der Waals surface area contributed by atoms with E-state index >= 15 is 0 Å². The van der Waals surface area contributed by atoms with Crippen molar-refractivity contribution in [3.05, 3.63) is 17.8 Å². The zero-order valence-corrected chi connectivity index (χ0v) is 10.2. The molecule has 1 fully saturated rings. The van der Waals surface area contributed by atoms with Gasteiger partial charge < -0.3 is 19.9 Å². The number of hydrogen-bond acceptors (Lipinski definition) is 5. The van der Waals surface area contributed by atoms with E-state index in [0.717, 1.165) is 18.5 Å². The second-order valence-electron chi connectivity index (χ2n) is 4.37. The van der Waals surface area contributed by atoms with Crippen LogP contribution < -0.4 is 14.8 Å². The molecule has 1 aromatic heterocycles. The first kappa shape index (κ1) is 12.1. The number of methoxy groups -OCH3 is 2. The van der Waals surface area contributed by atoms with Crippen LogP contribution in [0.1, 0.15) is 12.0 Å². The lowest BCUT2D eigenvalue weighted by atomic mass is 9.94. The molecule has 5 nitrogen and oxygen atoms in total. The van der Waals surface area contributed by atoms with Crippen LogP contribution in [-0.4, -0.2) is 43.0 Å². The Bertz CT molecular complexity index is 389. The number of β-amino-alcohol motifs (C(OH)–C–C–N with tert-alkyl or cyclic N) is 1. The van der Waals surface area contributed by atoms with Crippen LogP contribution in [0.2, 0.25) is 0 Å². The lowest BCUT2D eigenvalue weighted by molar-refractivity contribution is 0.0612. The molecular formula is C12H18N2O3. The summed E-state index contributed by atoms with van der Waals surface area (Å²) in [5.41, 5.74) is 0.227. The van der Waals surface area contributed by atoms with E-state index in [9.17, 15) is 5.11 Å². The standard InChI is InChI=1S/C12H18N2O3/c1-16-10-7-14-11(17-2)5-9(10)6-12(15)3-4-13-8-12/h5,7,13,15H,3-4,6,8H2,1-2H3. The zero-order chi connectivity index (χ0) is 12.3. The number of rotatable bonds is 4. The second-order valence-corrected chi connectivity index (χ2v) is 4.37. The average Bonchev–Trinajstić information content (AvgIpc) is 2.75. The van der Waals surface area contributed by atoms with Gasteiger partial charge in [-0.3, -0.25) is 0 Å². The predicted molar refractivity (Wildman–Crippen MR) is 63.5 cm³/mol. The third kappa shape index (κ3) is 2.68. The summed E-state index contributed by atoms with van der Waals surface area (Å²) in [6, 6.07) is 1.81. The molecule has 0 saturated carbocycles. The van der Waals surface area contributed by atoms with Gasteiger partial charge in [0.1, 0.15) is 5.75 Å². The van der Waals surface area contributed by atoms with E-state index < -0.39 is 5.60 Å². The summed E-state index contributed by atoms with van der Waals surface area (Å²) in [7, 11) is 3.17. The summed E-state index contributed by atoms with van der Waals surface area (Å²) in [5, 5.41) is 13.5. The van der Waals surface area contributed by atoms with Crippen LogP contribution >= 0.6 is 0 Å². The summed E-state index contributed by atoms with van der Waals surface area (Å²) < 4.78 is 10.3. The lowest BCUT2D eigenvalue weighted by Gasteiger charge is -2.22. The van der Waals surface area contributed by atoms with E-state index in [1.54, 1.807) is 20.4 Å². The van der Waals surface area contributed by atoms with Gasteiger partial charge in [-0.25, -0.2) is 4.98 Å². The first-order valence-corrected chi connectivity index (χ1v) is 5.67. The number of aromatic nitrogens is 1. The summed E-state index contributed by atoms with van der Waals surface area (Å²) >= 11 is 0. The van der Waals surface area contributed by atoms with Crippen molar-refractivity contribution in [3.63, 3.8) is 0 Å². The van der Waals surface area contributed by atoms with Gasteiger partial charge in [-0.15, -0.1) is 0 Å². The second kappa shape index (κ2) is 4.89. The molecule has 0 bridgehead atoms. The Morgan fingerprint density at radius 3 is 2.88 bits per heavy atom. The first-order chi connectivity index (χ1) is 8.17. The fraction of sp³-hybridized carbons (Fsp3) is 0.583. The molecule has 0 aliphatic carbocycles. The van der Waals surface area contributed by atoms with Crippen molar-refractivity contribution in [3.8, 4) is 11.6 Å². The molecule has 1 aromatic rings. The van der Waals surface area contributed by atoms with Gasteiger partial charge in [-0.1, -0.05) is 0 Å². The molecule has 1 atom stereocenters. The molecule has 1 aliphatic heterocycles. The summed E-state index contributed by atoms with van der Waals surface area (Å²) in [4.78, 5) is 4.08. The van der Waals surface area contributed by atoms with Crippen LogP contribution in [0.15, 0.2) is 12.3 Å². The molecular weight excluding hydrogens is 220 g/mol. The minimum atomic E-state index is -0.695. The maximum atomic E-state index is 10.3. The number of hydrogen-bond donors (Lipinski definition) is 2. The molecule has 0 radical (unpaired) electrons. The van der Waals surface area contributed by atoms with E-state index in [1.165, 1.54) is 0 Å². The molecule has 2 rings (SSSR count). The highest BCUT2D eigenvalue weighted by atomic mass is 16.5. The molecule has 0 spiro atoms. The summed E-state index contributed by atoms with van der Waals surface area (Å²) in [6.45, 7) is 1.46. The minimum Gasteiger partial charge on any atom is -0.495 e. The molecule has 5 heteroatoms. The SMILES string of the molecule is COc1cc(CC2(O)CCNC2)c(OC)cn1. The van der Waals surface area contributed by atoms with Crippen LogP contribution in [0.25, 0.3) is 0 Å². The number of nitrogens with zero attached hydrogens (tertiary/aromatic N) is 1. The van der Waals surface area contributed by atoms with Crippen molar-refractivity contribution in [2.24, 2.45) is 0 Å². The summed E-state index contributed by atoms with van der Waals surface area (Å²) in [6.07, 6.45) is 2.92. The van der Waals surface area contributed by atoms with Crippen molar-refractivity contribution < 1.29 is 14.6 Å². The topological polar surface area (TPSA) is 63.6 Å². The molecule has 0 amide bonds. The molecule has 94 valence electrons. The molecule has 0 aromatic carbocycles. The number of pyridine rings is 1. The molecule has 2 heterocycles. The van der Waals surface area contributed by atoms with Gasteiger partial charge in [0, 0.05) is 24.6 Å². The van der Waals surface area contributed by atoms with Crippen molar-refractivity contribution in [2.75, 3.05) is 27.3 Å². The largest absolute Gasteiger partial charge is 0.495 e. The Balaban J connectivity index is 2.23. The highest BCUT2D eigenvalue weighted by Gasteiger charge is 2.32. The van der Waals surface area contributed by atoms with Crippen molar-refractivity contribution in [1.29, 1.82) is 0 Å². The van der Waals surface area contributed by atoms with Crippen molar-refractivity contribution in [1.82, 2.24) is 10.3 Å². The molecule has 1 unspecified atom stereocenters. The average molecular weight is 238 g/mol. The first-order valence-electron chi connectivity index (χ1n) is 5.67. The monoisotopic (exact) mass is 238 g/mol. The quantitative estimate of drug-likeness (QED) is 0.793. The van der Waals surface area contributed by atoms with E-state index in [-0.39, 0.29) is 0 Å². The van der Waals surface area contributed by atoms with Crippen LogP contribution in [0.3, 0.4) is 0 Å². The third-order valence-corrected chi connectivity index (χ3v) is 3.09.